The Hall–Kier alpha value is -1.47. The molecule has 1 N–H and O–H groups in total. The average Bonchev–Trinajstić information content (AvgIpc) is 2.62. The molecule has 2 rings (SSSR count). The van der Waals surface area contributed by atoms with Gasteiger partial charge in [-0.1, -0.05) is 18.2 Å². The summed E-state index contributed by atoms with van der Waals surface area (Å²) in [6.45, 7) is 2.78. The minimum absolute atomic E-state index is 0.131. The smallest absolute Gasteiger partial charge is 0.292 e. The molecule has 1 atom stereocenters. The van der Waals surface area contributed by atoms with Crippen molar-refractivity contribution in [3.63, 3.8) is 0 Å². The van der Waals surface area contributed by atoms with Gasteiger partial charge in [0.25, 0.3) is 5.92 Å². The summed E-state index contributed by atoms with van der Waals surface area (Å²) in [7, 11) is 1.51. The largest absolute Gasteiger partial charge is 0.385 e. The Kier molecular flexibility index (Phi) is 3.60. The van der Waals surface area contributed by atoms with Crippen LogP contribution in [-0.2, 0) is 0 Å². The van der Waals surface area contributed by atoms with Gasteiger partial charge in [-0.15, -0.1) is 0 Å². The van der Waals surface area contributed by atoms with Crippen LogP contribution in [0.2, 0.25) is 5.15 Å². The number of hydrogen-bond acceptors (Lipinski definition) is 4. The number of aromatic nitrogens is 2. The molecule has 1 aromatic rings. The third kappa shape index (κ3) is 2.48. The molecule has 19 heavy (non-hydrogen) atoms. The Morgan fingerprint density at radius 3 is 2.84 bits per heavy atom. The maximum atomic E-state index is 13.4. The van der Waals surface area contributed by atoms with Gasteiger partial charge >= 0.3 is 0 Å². The van der Waals surface area contributed by atoms with Crippen LogP contribution >= 0.6 is 11.6 Å². The zero-order valence-electron chi connectivity index (χ0n) is 10.2. The van der Waals surface area contributed by atoms with E-state index in [2.05, 4.69) is 16.7 Å². The Labute approximate surface area is 113 Å². The first-order valence-corrected chi connectivity index (χ1v) is 5.92. The fraction of sp³-hybridized carbons (Fsp3) is 0.455. The van der Waals surface area contributed by atoms with Gasteiger partial charge in [0, 0.05) is 19.3 Å². The van der Waals surface area contributed by atoms with Crippen LogP contribution < -0.4 is 10.4 Å². The van der Waals surface area contributed by atoms with Gasteiger partial charge in [0.2, 0.25) is 0 Å². The van der Waals surface area contributed by atoms with Crippen molar-refractivity contribution in [3.8, 4) is 0 Å². The zero-order valence-corrected chi connectivity index (χ0v) is 11.0. The molecule has 0 aliphatic carbocycles. The number of aliphatic hydroxyl groups is 1. The summed E-state index contributed by atoms with van der Waals surface area (Å²) in [6.07, 6.45) is -0.330. The van der Waals surface area contributed by atoms with Gasteiger partial charge in [-0.25, -0.2) is 13.5 Å². The highest BCUT2D eigenvalue weighted by Crippen LogP contribution is 2.30. The molecule has 2 heterocycles. The van der Waals surface area contributed by atoms with E-state index in [-0.39, 0.29) is 11.7 Å². The van der Waals surface area contributed by atoms with Crippen molar-refractivity contribution in [1.29, 1.82) is 0 Å². The Morgan fingerprint density at radius 1 is 1.68 bits per heavy atom. The SMILES string of the molecule is C=Cn1nc(Cl)cc(N2CC(O)C(F)(F)C2)c1=NC. The molecular weight excluding hydrogens is 278 g/mol. The van der Waals surface area contributed by atoms with E-state index in [0.717, 1.165) is 0 Å². The minimum atomic E-state index is -3.15. The van der Waals surface area contributed by atoms with Crippen LogP contribution in [0, 0.1) is 0 Å². The maximum Gasteiger partial charge on any atom is 0.292 e. The highest BCUT2D eigenvalue weighted by atomic mass is 35.5. The van der Waals surface area contributed by atoms with Crippen LogP contribution in [0.25, 0.3) is 6.20 Å². The van der Waals surface area contributed by atoms with Crippen molar-refractivity contribution in [2.75, 3.05) is 25.0 Å². The lowest BCUT2D eigenvalue weighted by atomic mass is 10.2. The number of alkyl halides is 2. The molecule has 8 heteroatoms. The van der Waals surface area contributed by atoms with E-state index in [1.807, 2.05) is 0 Å². The number of halogens is 3. The normalized spacial score (nSPS) is 22.9. The fourth-order valence-corrected chi connectivity index (χ4v) is 2.19. The summed E-state index contributed by atoms with van der Waals surface area (Å²) < 4.78 is 28.1. The van der Waals surface area contributed by atoms with Crippen molar-refractivity contribution in [1.82, 2.24) is 9.78 Å². The lowest BCUT2D eigenvalue weighted by molar-refractivity contribution is -0.0712. The van der Waals surface area contributed by atoms with E-state index < -0.39 is 18.6 Å². The van der Waals surface area contributed by atoms with E-state index in [9.17, 15) is 13.9 Å². The number of rotatable bonds is 2. The van der Waals surface area contributed by atoms with Gasteiger partial charge in [0.05, 0.1) is 18.8 Å². The van der Waals surface area contributed by atoms with Crippen molar-refractivity contribution in [3.05, 3.63) is 23.3 Å². The number of hydrogen-bond donors (Lipinski definition) is 1. The second-order valence-electron chi connectivity index (χ2n) is 4.18. The minimum Gasteiger partial charge on any atom is -0.385 e. The summed E-state index contributed by atoms with van der Waals surface area (Å²) in [6, 6.07) is 1.44. The standard InChI is InChI=1S/C11H13ClF2N4O/c1-3-18-10(15-2)7(4-9(12)16-18)17-5-8(19)11(13,14)6-17/h3-4,8,19H,1,5-6H2,2H3. The molecule has 0 bridgehead atoms. The summed E-state index contributed by atoms with van der Waals surface area (Å²) >= 11 is 5.85. The van der Waals surface area contributed by atoms with Crippen LogP contribution in [0.1, 0.15) is 0 Å². The molecule has 104 valence electrons. The van der Waals surface area contributed by atoms with Crippen molar-refractivity contribution in [2.24, 2.45) is 4.99 Å². The molecule has 0 saturated carbocycles. The molecule has 5 nitrogen and oxygen atoms in total. The molecule has 1 aliphatic rings. The molecular formula is C11H13ClF2N4O. The molecule has 1 aromatic heterocycles. The quantitative estimate of drug-likeness (QED) is 0.883. The van der Waals surface area contributed by atoms with Gasteiger partial charge in [0.1, 0.15) is 6.10 Å². The van der Waals surface area contributed by atoms with Crippen molar-refractivity contribution < 1.29 is 13.9 Å². The van der Waals surface area contributed by atoms with E-state index >= 15 is 0 Å². The topological polar surface area (TPSA) is 53.7 Å². The summed E-state index contributed by atoms with van der Waals surface area (Å²) in [5, 5.41) is 13.4. The average molecular weight is 291 g/mol. The van der Waals surface area contributed by atoms with Crippen molar-refractivity contribution in [2.45, 2.75) is 12.0 Å². The van der Waals surface area contributed by atoms with E-state index in [1.54, 1.807) is 0 Å². The van der Waals surface area contributed by atoms with Crippen molar-refractivity contribution >= 4 is 23.5 Å². The third-order valence-electron chi connectivity index (χ3n) is 2.91. The Morgan fingerprint density at radius 2 is 2.37 bits per heavy atom. The van der Waals surface area contributed by atoms with Gasteiger partial charge in [0.15, 0.2) is 10.6 Å². The first kappa shape index (κ1) is 14.0. The predicted octanol–water partition coefficient (Wildman–Crippen LogP) is 0.984. The van der Waals surface area contributed by atoms with Crippen LogP contribution in [0.5, 0.6) is 0 Å². The number of nitrogens with zero attached hydrogens (tertiary/aromatic N) is 4. The molecule has 1 fully saturated rings. The van der Waals surface area contributed by atoms with Gasteiger partial charge in [-0.2, -0.15) is 5.10 Å². The summed E-state index contributed by atoms with van der Waals surface area (Å²) in [4.78, 5) is 5.34. The fourth-order valence-electron chi connectivity index (χ4n) is 2.00. The van der Waals surface area contributed by atoms with Crippen LogP contribution in [-0.4, -0.2) is 47.1 Å². The van der Waals surface area contributed by atoms with Crippen LogP contribution in [0.3, 0.4) is 0 Å². The molecule has 0 aromatic carbocycles. The second-order valence-corrected chi connectivity index (χ2v) is 4.57. The Balaban J connectivity index is 2.52. The van der Waals surface area contributed by atoms with Crippen LogP contribution in [0.15, 0.2) is 17.6 Å². The summed E-state index contributed by atoms with van der Waals surface area (Å²) in [5.74, 6) is -3.15. The lowest BCUT2D eigenvalue weighted by Crippen LogP contribution is -2.33. The highest BCUT2D eigenvalue weighted by molar-refractivity contribution is 6.29. The third-order valence-corrected chi connectivity index (χ3v) is 3.10. The van der Waals surface area contributed by atoms with Gasteiger partial charge in [-0.3, -0.25) is 4.99 Å². The summed E-state index contributed by atoms with van der Waals surface area (Å²) in [5.41, 5.74) is 0.739. The number of aliphatic hydroxyl groups excluding tert-OH is 1. The van der Waals surface area contributed by atoms with Gasteiger partial charge in [-0.05, 0) is 0 Å². The molecule has 0 amide bonds. The van der Waals surface area contributed by atoms with Gasteiger partial charge < -0.3 is 10.0 Å². The van der Waals surface area contributed by atoms with E-state index in [4.69, 9.17) is 11.6 Å². The zero-order chi connectivity index (χ0) is 14.2. The predicted molar refractivity (Wildman–Crippen MR) is 68.3 cm³/mol. The lowest BCUT2D eigenvalue weighted by Gasteiger charge is -2.19. The van der Waals surface area contributed by atoms with Crippen LogP contribution in [0.4, 0.5) is 14.5 Å². The number of β-amino-alcohol motifs (C(OH)–C–C–N with tert-alkyl or cyclic N) is 1. The first-order valence-electron chi connectivity index (χ1n) is 5.54. The Bertz CT molecular complexity index is 572. The molecule has 1 aliphatic heterocycles. The second kappa shape index (κ2) is 4.90. The maximum absolute atomic E-state index is 13.4. The molecule has 1 saturated heterocycles. The monoisotopic (exact) mass is 290 g/mol. The highest BCUT2D eigenvalue weighted by Gasteiger charge is 2.47. The van der Waals surface area contributed by atoms with E-state index in [1.165, 1.54) is 28.9 Å². The molecule has 0 spiro atoms. The number of anilines is 1. The molecule has 0 radical (unpaired) electrons. The molecule has 1 unspecified atom stereocenters. The first-order chi connectivity index (χ1) is 8.89. The van der Waals surface area contributed by atoms with E-state index in [0.29, 0.717) is 11.2 Å².